The van der Waals surface area contributed by atoms with Crippen molar-refractivity contribution in [1.29, 1.82) is 0 Å². The minimum Gasteiger partial charge on any atom is -0.390 e. The largest absolute Gasteiger partial charge is 0.390 e. The Balaban J connectivity index is 4.06. The Labute approximate surface area is 85.9 Å². The molecule has 2 unspecified atom stereocenters. The van der Waals surface area contributed by atoms with Crippen LogP contribution in [0.15, 0.2) is 0 Å². The minimum absolute atomic E-state index is 0.425. The lowest BCUT2D eigenvalue weighted by atomic mass is 10.2. The molecule has 0 fully saturated rings. The molecule has 15 heavy (non-hydrogen) atoms. The van der Waals surface area contributed by atoms with E-state index in [-0.39, 0.29) is 0 Å². The topological polar surface area (TPSA) is 156 Å². The van der Waals surface area contributed by atoms with Crippen LogP contribution in [0.1, 0.15) is 6.42 Å². The highest BCUT2D eigenvalue weighted by Gasteiger charge is 2.27. The zero-order valence-corrected chi connectivity index (χ0v) is 9.46. The summed E-state index contributed by atoms with van der Waals surface area (Å²) in [7, 11) is -8.72. The SMILES string of the molecule is O=P(O)(O)CCC(O)C(O)CP(=O)(O)O. The second-order valence-electron chi connectivity index (χ2n) is 3.16. The van der Waals surface area contributed by atoms with Crippen LogP contribution in [0, 0.1) is 0 Å². The highest BCUT2D eigenvalue weighted by atomic mass is 31.2. The van der Waals surface area contributed by atoms with Gasteiger partial charge in [0.15, 0.2) is 0 Å². The van der Waals surface area contributed by atoms with E-state index in [1.54, 1.807) is 0 Å². The molecule has 0 radical (unpaired) electrons. The van der Waals surface area contributed by atoms with E-state index in [0.29, 0.717) is 0 Å². The summed E-state index contributed by atoms with van der Waals surface area (Å²) < 4.78 is 20.8. The molecular weight excluding hydrogens is 250 g/mol. The van der Waals surface area contributed by atoms with Crippen molar-refractivity contribution in [3.63, 3.8) is 0 Å². The first kappa shape index (κ1) is 15.2. The van der Waals surface area contributed by atoms with Crippen molar-refractivity contribution >= 4 is 15.2 Å². The van der Waals surface area contributed by atoms with Gasteiger partial charge >= 0.3 is 15.2 Å². The summed E-state index contributed by atoms with van der Waals surface area (Å²) in [5.74, 6) is 0. The average molecular weight is 264 g/mol. The van der Waals surface area contributed by atoms with Gasteiger partial charge in [-0.3, -0.25) is 9.13 Å². The molecule has 0 aromatic rings. The fourth-order valence-corrected chi connectivity index (χ4v) is 2.19. The lowest BCUT2D eigenvalue weighted by molar-refractivity contribution is 0.0285. The summed E-state index contributed by atoms with van der Waals surface area (Å²) in [4.78, 5) is 33.8. The third-order valence-corrected chi connectivity index (χ3v) is 3.28. The molecule has 0 aromatic carbocycles. The second kappa shape index (κ2) is 5.52. The number of aliphatic hydroxyl groups is 2. The van der Waals surface area contributed by atoms with Crippen molar-refractivity contribution in [3.05, 3.63) is 0 Å². The van der Waals surface area contributed by atoms with E-state index in [1.165, 1.54) is 0 Å². The molecule has 0 aliphatic carbocycles. The van der Waals surface area contributed by atoms with Gasteiger partial charge in [-0.25, -0.2) is 0 Å². The van der Waals surface area contributed by atoms with E-state index in [9.17, 15) is 9.13 Å². The van der Waals surface area contributed by atoms with E-state index in [0.717, 1.165) is 0 Å². The van der Waals surface area contributed by atoms with Crippen molar-refractivity contribution in [3.8, 4) is 0 Å². The van der Waals surface area contributed by atoms with Crippen molar-refractivity contribution < 1.29 is 38.9 Å². The summed E-state index contributed by atoms with van der Waals surface area (Å²) in [6.45, 7) is 0. The number of hydrogen-bond acceptors (Lipinski definition) is 4. The monoisotopic (exact) mass is 264 g/mol. The third-order valence-electron chi connectivity index (χ3n) is 1.59. The van der Waals surface area contributed by atoms with Gasteiger partial charge in [-0.2, -0.15) is 0 Å². The summed E-state index contributed by atoms with van der Waals surface area (Å²) in [5, 5.41) is 18.2. The second-order valence-corrected chi connectivity index (χ2v) is 6.63. The lowest BCUT2D eigenvalue weighted by Crippen LogP contribution is -2.30. The maximum Gasteiger partial charge on any atom is 0.328 e. The van der Waals surface area contributed by atoms with Crippen LogP contribution in [-0.2, 0) is 9.13 Å². The Kier molecular flexibility index (Phi) is 5.60. The van der Waals surface area contributed by atoms with Gasteiger partial charge < -0.3 is 29.8 Å². The van der Waals surface area contributed by atoms with Gasteiger partial charge in [0.1, 0.15) is 0 Å². The fraction of sp³-hybridized carbons (Fsp3) is 1.00. The quantitative estimate of drug-likeness (QED) is 0.315. The van der Waals surface area contributed by atoms with Crippen LogP contribution in [0.5, 0.6) is 0 Å². The smallest absolute Gasteiger partial charge is 0.328 e. The maximum absolute atomic E-state index is 10.4. The molecule has 6 N–H and O–H groups in total. The van der Waals surface area contributed by atoms with Crippen LogP contribution in [0.3, 0.4) is 0 Å². The molecule has 2 atom stereocenters. The highest BCUT2D eigenvalue weighted by Crippen LogP contribution is 2.38. The van der Waals surface area contributed by atoms with Crippen molar-refractivity contribution in [2.45, 2.75) is 18.6 Å². The minimum atomic E-state index is -4.44. The zero-order valence-electron chi connectivity index (χ0n) is 7.67. The first-order valence-electron chi connectivity index (χ1n) is 3.96. The van der Waals surface area contributed by atoms with Crippen LogP contribution >= 0.6 is 15.2 Å². The molecule has 8 nitrogen and oxygen atoms in total. The molecule has 0 aromatic heterocycles. The van der Waals surface area contributed by atoms with Gasteiger partial charge in [0.25, 0.3) is 0 Å². The zero-order chi connectivity index (χ0) is 12.3. The van der Waals surface area contributed by atoms with E-state index >= 15 is 0 Å². The predicted octanol–water partition coefficient (Wildman–Crippen LogP) is -1.55. The maximum atomic E-state index is 10.4. The van der Waals surface area contributed by atoms with Crippen molar-refractivity contribution in [2.75, 3.05) is 12.3 Å². The van der Waals surface area contributed by atoms with E-state index in [4.69, 9.17) is 29.8 Å². The van der Waals surface area contributed by atoms with E-state index < -0.39 is 46.1 Å². The summed E-state index contributed by atoms with van der Waals surface area (Å²) in [6, 6.07) is 0. The average Bonchev–Trinajstić information content (AvgIpc) is 1.95. The Hall–Kier alpha value is 0.220. The van der Waals surface area contributed by atoms with Crippen LogP contribution in [0.4, 0.5) is 0 Å². The molecule has 10 heteroatoms. The Bertz CT molecular complexity index is 279. The van der Waals surface area contributed by atoms with E-state index in [2.05, 4.69) is 0 Å². The first-order chi connectivity index (χ1) is 6.51. The molecule has 0 aliphatic heterocycles. The predicted molar refractivity (Wildman–Crippen MR) is 50.5 cm³/mol. The molecule has 0 aliphatic rings. The van der Waals surface area contributed by atoms with Crippen molar-refractivity contribution in [1.82, 2.24) is 0 Å². The molecule has 0 heterocycles. The number of rotatable bonds is 6. The molecule has 0 amide bonds. The van der Waals surface area contributed by atoms with Gasteiger partial charge in [0.05, 0.1) is 24.5 Å². The molecule has 0 spiro atoms. The summed E-state index contributed by atoms with van der Waals surface area (Å²) in [5.41, 5.74) is 0. The van der Waals surface area contributed by atoms with Crippen molar-refractivity contribution in [2.24, 2.45) is 0 Å². The molecule has 0 rings (SSSR count). The van der Waals surface area contributed by atoms with Gasteiger partial charge in [0, 0.05) is 0 Å². The molecular formula is C5H14O8P2. The Morgan fingerprint density at radius 2 is 1.33 bits per heavy atom. The van der Waals surface area contributed by atoms with Crippen LogP contribution < -0.4 is 0 Å². The fourth-order valence-electron chi connectivity index (χ4n) is 0.858. The first-order valence-corrected chi connectivity index (χ1v) is 7.56. The summed E-state index contributed by atoms with van der Waals surface area (Å²) in [6.07, 6.45) is -5.27. The van der Waals surface area contributed by atoms with E-state index in [1.807, 2.05) is 0 Å². The molecule has 0 saturated carbocycles. The summed E-state index contributed by atoms with van der Waals surface area (Å²) >= 11 is 0. The molecule has 92 valence electrons. The van der Waals surface area contributed by atoms with Gasteiger partial charge in [-0.05, 0) is 6.42 Å². The molecule has 0 bridgehead atoms. The van der Waals surface area contributed by atoms with Crippen LogP contribution in [-0.4, -0.2) is 54.3 Å². The lowest BCUT2D eigenvalue weighted by Gasteiger charge is -2.18. The Morgan fingerprint density at radius 1 is 0.867 bits per heavy atom. The van der Waals surface area contributed by atoms with Gasteiger partial charge in [0.2, 0.25) is 0 Å². The van der Waals surface area contributed by atoms with Crippen LogP contribution in [0.25, 0.3) is 0 Å². The molecule has 0 saturated heterocycles. The van der Waals surface area contributed by atoms with Crippen LogP contribution in [0.2, 0.25) is 0 Å². The third kappa shape index (κ3) is 9.17. The Morgan fingerprint density at radius 3 is 1.67 bits per heavy atom. The highest BCUT2D eigenvalue weighted by molar-refractivity contribution is 7.52. The van der Waals surface area contributed by atoms with Gasteiger partial charge in [-0.1, -0.05) is 0 Å². The standard InChI is InChI=1S/C5H14O8P2/c6-4(1-2-14(8,9)10)5(7)3-15(11,12)13/h4-7H,1-3H2,(H2,8,9,10)(H2,11,12,13). The number of aliphatic hydroxyl groups excluding tert-OH is 2. The number of hydrogen-bond donors (Lipinski definition) is 6. The van der Waals surface area contributed by atoms with Gasteiger partial charge in [-0.15, -0.1) is 0 Å². The normalized spacial score (nSPS) is 17.5.